The summed E-state index contributed by atoms with van der Waals surface area (Å²) in [7, 11) is 7.35. The number of nitrogens with zero attached hydrogens (tertiary/aromatic N) is 5. The Balaban J connectivity index is 1.22. The molecule has 5 rings (SSSR count). The minimum absolute atomic E-state index is 0.0888. The number of amides is 3. The molecule has 0 aliphatic rings. The number of carbonyl (C=O) groups is 3. The van der Waals surface area contributed by atoms with E-state index in [0.29, 0.717) is 46.1 Å². The van der Waals surface area contributed by atoms with Crippen molar-refractivity contribution in [3.8, 4) is 11.6 Å². The van der Waals surface area contributed by atoms with Crippen molar-refractivity contribution in [2.24, 2.45) is 14.1 Å². The molecule has 0 bridgehead atoms. The van der Waals surface area contributed by atoms with Crippen molar-refractivity contribution in [2.75, 3.05) is 37.8 Å². The molecule has 212 valence electrons. The average molecular weight is 558 g/mol. The van der Waals surface area contributed by atoms with Crippen LogP contribution in [-0.4, -0.2) is 73.9 Å². The van der Waals surface area contributed by atoms with Gasteiger partial charge in [-0.25, -0.2) is 9.97 Å². The molecule has 0 saturated heterocycles. The van der Waals surface area contributed by atoms with Crippen molar-refractivity contribution in [3.63, 3.8) is 0 Å². The number of furan rings is 1. The third-order valence-electron chi connectivity index (χ3n) is 6.38. The van der Waals surface area contributed by atoms with Crippen LogP contribution in [0.15, 0.2) is 59.5 Å². The predicted octanol–water partition coefficient (Wildman–Crippen LogP) is 3.08. The molecule has 13 heteroatoms. The minimum Gasteiger partial charge on any atom is -0.461 e. The molecule has 0 aliphatic carbocycles. The second-order valence-electron chi connectivity index (χ2n) is 9.90. The number of aromatic nitrogens is 5. The van der Waals surface area contributed by atoms with Crippen molar-refractivity contribution in [2.45, 2.75) is 6.42 Å². The zero-order chi connectivity index (χ0) is 29.1. The maximum absolute atomic E-state index is 13.0. The van der Waals surface area contributed by atoms with Gasteiger partial charge in [-0.05, 0) is 63.5 Å². The van der Waals surface area contributed by atoms with Crippen LogP contribution >= 0.6 is 0 Å². The van der Waals surface area contributed by atoms with Crippen LogP contribution in [-0.2, 0) is 14.1 Å². The van der Waals surface area contributed by atoms with Gasteiger partial charge in [0, 0.05) is 38.6 Å². The molecule has 0 spiro atoms. The number of aromatic amines is 1. The molecule has 4 aromatic heterocycles. The first-order valence-electron chi connectivity index (χ1n) is 13.0. The van der Waals surface area contributed by atoms with Crippen LogP contribution in [0.25, 0.3) is 22.6 Å². The van der Waals surface area contributed by atoms with Crippen molar-refractivity contribution in [1.82, 2.24) is 34.3 Å². The highest BCUT2D eigenvalue weighted by molar-refractivity contribution is 6.07. The first-order valence-corrected chi connectivity index (χ1v) is 13.0. The van der Waals surface area contributed by atoms with E-state index < -0.39 is 11.8 Å². The summed E-state index contributed by atoms with van der Waals surface area (Å²) in [6.07, 6.45) is 5.60. The number of H-pyrrole nitrogens is 1. The Labute approximate surface area is 235 Å². The summed E-state index contributed by atoms with van der Waals surface area (Å²) in [6, 6.07) is 10.3. The lowest BCUT2D eigenvalue weighted by atomic mass is 10.2. The predicted molar refractivity (Wildman–Crippen MR) is 154 cm³/mol. The third kappa shape index (κ3) is 6.20. The van der Waals surface area contributed by atoms with Gasteiger partial charge in [0.1, 0.15) is 5.69 Å². The first-order chi connectivity index (χ1) is 19.7. The maximum Gasteiger partial charge on any atom is 0.291 e. The summed E-state index contributed by atoms with van der Waals surface area (Å²) in [5, 5.41) is 8.39. The molecule has 0 radical (unpaired) electrons. The van der Waals surface area contributed by atoms with E-state index in [0.717, 1.165) is 13.0 Å². The number of anilines is 2. The number of fused-ring (bicyclic) bond motifs is 1. The second kappa shape index (κ2) is 11.5. The van der Waals surface area contributed by atoms with Crippen molar-refractivity contribution in [1.29, 1.82) is 0 Å². The van der Waals surface area contributed by atoms with Crippen LogP contribution < -0.4 is 16.0 Å². The van der Waals surface area contributed by atoms with E-state index >= 15 is 0 Å². The summed E-state index contributed by atoms with van der Waals surface area (Å²) in [5.41, 5.74) is 2.63. The van der Waals surface area contributed by atoms with Crippen molar-refractivity contribution >= 4 is 40.3 Å². The van der Waals surface area contributed by atoms with Crippen molar-refractivity contribution in [3.05, 3.63) is 72.1 Å². The van der Waals surface area contributed by atoms with Crippen LogP contribution in [0.4, 0.5) is 11.5 Å². The summed E-state index contributed by atoms with van der Waals surface area (Å²) in [4.78, 5) is 52.5. The maximum atomic E-state index is 13.0. The lowest BCUT2D eigenvalue weighted by molar-refractivity contribution is 0.0942. The Morgan fingerprint density at radius 2 is 1.80 bits per heavy atom. The third-order valence-corrected chi connectivity index (χ3v) is 6.38. The lowest BCUT2D eigenvalue weighted by Gasteiger charge is -2.10. The van der Waals surface area contributed by atoms with Gasteiger partial charge in [-0.1, -0.05) is 0 Å². The standard InChI is InChI=1S/C28H31N9O4/c1-35(2)11-6-10-29-27(39)21-14-18(15-36(21)3)30-28(40)25-33-23(16-37(25)4)34-26(38)17-8-9-19-20(13-17)32-24(31-19)22-7-5-12-41-22/h5,7-9,12-16H,6,10-11H2,1-4H3,(H,29,39)(H,30,40)(H,31,32)(H,34,38). The van der Waals surface area contributed by atoms with Gasteiger partial charge in [-0.2, -0.15) is 0 Å². The smallest absolute Gasteiger partial charge is 0.291 e. The normalized spacial score (nSPS) is 11.2. The highest BCUT2D eigenvalue weighted by Crippen LogP contribution is 2.22. The van der Waals surface area contributed by atoms with E-state index in [1.807, 2.05) is 14.1 Å². The number of rotatable bonds is 10. The molecule has 0 aliphatic heterocycles. The second-order valence-corrected chi connectivity index (χ2v) is 9.90. The number of nitrogens with one attached hydrogen (secondary N) is 4. The first kappa shape index (κ1) is 27.4. The zero-order valence-electron chi connectivity index (χ0n) is 23.2. The molecular formula is C28H31N9O4. The van der Waals surface area contributed by atoms with Crippen LogP contribution in [0.1, 0.15) is 37.9 Å². The molecule has 3 amide bonds. The molecule has 0 fully saturated rings. The fraction of sp³-hybridized carbons (Fsp3) is 0.250. The minimum atomic E-state index is -0.485. The van der Waals surface area contributed by atoms with Gasteiger partial charge in [0.15, 0.2) is 17.4 Å². The number of hydrogen-bond donors (Lipinski definition) is 4. The molecule has 41 heavy (non-hydrogen) atoms. The van der Waals surface area contributed by atoms with Crippen molar-refractivity contribution < 1.29 is 18.8 Å². The topological polar surface area (TPSA) is 155 Å². The Morgan fingerprint density at radius 3 is 2.56 bits per heavy atom. The van der Waals surface area contributed by atoms with E-state index in [9.17, 15) is 14.4 Å². The van der Waals surface area contributed by atoms with Crippen LogP contribution in [0.5, 0.6) is 0 Å². The van der Waals surface area contributed by atoms with Crippen LogP contribution in [0, 0.1) is 0 Å². The molecule has 1 aromatic carbocycles. The summed E-state index contributed by atoms with van der Waals surface area (Å²) >= 11 is 0. The van der Waals surface area contributed by atoms with Gasteiger partial charge in [-0.15, -0.1) is 0 Å². The number of aryl methyl sites for hydroxylation is 2. The van der Waals surface area contributed by atoms with Gasteiger partial charge in [0.25, 0.3) is 17.7 Å². The fourth-order valence-electron chi connectivity index (χ4n) is 4.34. The van der Waals surface area contributed by atoms with Gasteiger partial charge in [0.05, 0.1) is 23.0 Å². The number of hydrogen-bond acceptors (Lipinski definition) is 7. The Kier molecular flexibility index (Phi) is 7.70. The highest BCUT2D eigenvalue weighted by atomic mass is 16.3. The van der Waals surface area contributed by atoms with Gasteiger partial charge in [-0.3, -0.25) is 14.4 Å². The lowest BCUT2D eigenvalue weighted by Crippen LogP contribution is -2.28. The van der Waals surface area contributed by atoms with E-state index in [1.54, 1.807) is 73.7 Å². The van der Waals surface area contributed by atoms with E-state index in [-0.39, 0.29) is 17.5 Å². The molecule has 0 saturated carbocycles. The molecule has 0 unspecified atom stereocenters. The number of benzene rings is 1. The summed E-state index contributed by atoms with van der Waals surface area (Å²) < 4.78 is 8.54. The Hall–Kier alpha value is -5.17. The molecule has 5 aromatic rings. The number of carbonyl (C=O) groups excluding carboxylic acids is 3. The highest BCUT2D eigenvalue weighted by Gasteiger charge is 2.19. The average Bonchev–Trinajstić information content (AvgIpc) is 3.72. The van der Waals surface area contributed by atoms with E-state index in [2.05, 4.69) is 35.8 Å². The monoisotopic (exact) mass is 557 g/mol. The van der Waals surface area contributed by atoms with Gasteiger partial charge >= 0.3 is 0 Å². The van der Waals surface area contributed by atoms with Crippen LogP contribution in [0.2, 0.25) is 0 Å². The molecule has 13 nitrogen and oxygen atoms in total. The molecular weight excluding hydrogens is 526 g/mol. The van der Waals surface area contributed by atoms with E-state index in [4.69, 9.17) is 4.42 Å². The molecule has 4 N–H and O–H groups in total. The Morgan fingerprint density at radius 1 is 0.976 bits per heavy atom. The zero-order valence-corrected chi connectivity index (χ0v) is 23.2. The number of imidazole rings is 2. The molecule has 0 atom stereocenters. The Bertz CT molecular complexity index is 1710. The van der Waals surface area contributed by atoms with Crippen LogP contribution in [0.3, 0.4) is 0 Å². The summed E-state index contributed by atoms with van der Waals surface area (Å²) in [5.74, 6) is 0.363. The van der Waals surface area contributed by atoms with E-state index in [1.165, 1.54) is 4.57 Å². The van der Waals surface area contributed by atoms with Gasteiger partial charge in [0.2, 0.25) is 5.82 Å². The largest absolute Gasteiger partial charge is 0.461 e. The molecule has 4 heterocycles. The van der Waals surface area contributed by atoms with Gasteiger partial charge < -0.3 is 39.4 Å². The summed E-state index contributed by atoms with van der Waals surface area (Å²) in [6.45, 7) is 1.42. The SMILES string of the molecule is CN(C)CCCNC(=O)c1cc(NC(=O)c2nc(NC(=O)c3ccc4nc(-c5ccco5)[nH]c4c3)cn2C)cn1C. The fourth-order valence-corrected chi connectivity index (χ4v) is 4.34. The quantitative estimate of drug-likeness (QED) is 0.192.